The van der Waals surface area contributed by atoms with Gasteiger partial charge in [-0.25, -0.2) is 0 Å². The number of ether oxygens (including phenoxy) is 1. The molecule has 3 nitrogen and oxygen atoms in total. The molecule has 1 unspecified atom stereocenters. The van der Waals surface area contributed by atoms with Crippen molar-refractivity contribution in [2.24, 2.45) is 0 Å². The third-order valence-corrected chi connectivity index (χ3v) is 2.79. The fraction of sp³-hybridized carbons (Fsp3) is 0.538. The molecule has 3 heteroatoms. The average molecular weight is 223 g/mol. The molecule has 0 aliphatic rings. The summed E-state index contributed by atoms with van der Waals surface area (Å²) in [7, 11) is 1.70. The predicted molar refractivity (Wildman–Crippen MR) is 65.6 cm³/mol. The van der Waals surface area contributed by atoms with Crippen LogP contribution in [0.1, 0.15) is 32.4 Å². The molecular weight excluding hydrogens is 202 g/mol. The van der Waals surface area contributed by atoms with Crippen LogP contribution in [0.3, 0.4) is 0 Å². The Labute approximate surface area is 97.4 Å². The van der Waals surface area contributed by atoms with Crippen LogP contribution in [0.4, 0.5) is 0 Å². The molecular formula is C13H21NO2. The van der Waals surface area contributed by atoms with Crippen LogP contribution >= 0.6 is 0 Å². The van der Waals surface area contributed by atoms with E-state index in [1.165, 1.54) is 0 Å². The molecule has 1 rings (SSSR count). The number of methoxy groups -OCH3 is 1. The van der Waals surface area contributed by atoms with Crippen molar-refractivity contribution in [2.45, 2.75) is 32.4 Å². The maximum absolute atomic E-state index is 9.70. The van der Waals surface area contributed by atoms with Gasteiger partial charge in [-0.3, -0.25) is 0 Å². The highest BCUT2D eigenvalue weighted by atomic mass is 16.5. The van der Waals surface area contributed by atoms with Gasteiger partial charge in [0.1, 0.15) is 5.75 Å². The predicted octanol–water partition coefficient (Wildman–Crippen LogP) is 2.47. The van der Waals surface area contributed by atoms with Crippen LogP contribution in [0.25, 0.3) is 0 Å². The van der Waals surface area contributed by atoms with Gasteiger partial charge >= 0.3 is 0 Å². The summed E-state index contributed by atoms with van der Waals surface area (Å²) in [5.41, 5.74) is 0.716. The van der Waals surface area contributed by atoms with E-state index < -0.39 is 0 Å². The summed E-state index contributed by atoms with van der Waals surface area (Å²) in [5, 5.41) is 13.0. The first-order chi connectivity index (χ1) is 7.46. The van der Waals surface area contributed by atoms with Gasteiger partial charge in [-0.1, -0.05) is 18.2 Å². The number of aromatic hydroxyl groups is 1. The van der Waals surface area contributed by atoms with Crippen LogP contribution in [-0.2, 0) is 4.74 Å². The summed E-state index contributed by atoms with van der Waals surface area (Å²) >= 11 is 0. The van der Waals surface area contributed by atoms with Crippen LogP contribution < -0.4 is 5.32 Å². The van der Waals surface area contributed by atoms with Crippen LogP contribution in [0, 0.1) is 0 Å². The average Bonchev–Trinajstić information content (AvgIpc) is 2.27. The standard InChI is InChI=1S/C13H21NO2/c1-10(14-9-13(2,3)16-4)11-7-5-6-8-12(11)15/h5-8,10,14-15H,9H2,1-4H3. The number of hydrogen-bond acceptors (Lipinski definition) is 3. The zero-order chi connectivity index (χ0) is 12.2. The highest BCUT2D eigenvalue weighted by Gasteiger charge is 2.18. The van der Waals surface area contributed by atoms with Crippen molar-refractivity contribution in [1.29, 1.82) is 0 Å². The number of para-hydroxylation sites is 1. The minimum absolute atomic E-state index is 0.107. The van der Waals surface area contributed by atoms with E-state index in [1.807, 2.05) is 39.0 Å². The molecule has 0 amide bonds. The lowest BCUT2D eigenvalue weighted by molar-refractivity contribution is 0.0214. The first kappa shape index (κ1) is 13.0. The zero-order valence-electron chi connectivity index (χ0n) is 10.4. The normalized spacial score (nSPS) is 13.8. The van der Waals surface area contributed by atoms with Crippen molar-refractivity contribution < 1.29 is 9.84 Å². The Balaban J connectivity index is 2.60. The van der Waals surface area contributed by atoms with Gasteiger partial charge in [0, 0.05) is 25.3 Å². The molecule has 1 atom stereocenters. The summed E-state index contributed by atoms with van der Waals surface area (Å²) in [4.78, 5) is 0. The number of hydrogen-bond donors (Lipinski definition) is 2. The Morgan fingerprint density at radius 2 is 2.00 bits per heavy atom. The van der Waals surface area contributed by atoms with Crippen molar-refractivity contribution in [3.05, 3.63) is 29.8 Å². The molecule has 1 aromatic rings. The van der Waals surface area contributed by atoms with E-state index in [0.29, 0.717) is 5.75 Å². The fourth-order valence-electron chi connectivity index (χ4n) is 1.43. The van der Waals surface area contributed by atoms with Crippen molar-refractivity contribution in [2.75, 3.05) is 13.7 Å². The largest absolute Gasteiger partial charge is 0.508 e. The maximum Gasteiger partial charge on any atom is 0.120 e. The van der Waals surface area contributed by atoms with Crippen LogP contribution in [0.15, 0.2) is 24.3 Å². The van der Waals surface area contributed by atoms with E-state index in [4.69, 9.17) is 4.74 Å². The second kappa shape index (κ2) is 5.32. The van der Waals surface area contributed by atoms with E-state index in [0.717, 1.165) is 12.1 Å². The Kier molecular flexibility index (Phi) is 4.33. The molecule has 0 aliphatic carbocycles. The minimum atomic E-state index is -0.196. The lowest BCUT2D eigenvalue weighted by Gasteiger charge is -2.26. The fourth-order valence-corrected chi connectivity index (χ4v) is 1.43. The molecule has 90 valence electrons. The van der Waals surface area contributed by atoms with Crippen LogP contribution in [0.2, 0.25) is 0 Å². The summed E-state index contributed by atoms with van der Waals surface area (Å²) in [6.07, 6.45) is 0. The van der Waals surface area contributed by atoms with Gasteiger partial charge in [-0.15, -0.1) is 0 Å². The van der Waals surface area contributed by atoms with Crippen LogP contribution in [-0.4, -0.2) is 24.4 Å². The Morgan fingerprint density at radius 1 is 1.38 bits per heavy atom. The number of phenols is 1. The molecule has 0 fully saturated rings. The van der Waals surface area contributed by atoms with E-state index >= 15 is 0 Å². The van der Waals surface area contributed by atoms with Gasteiger partial charge in [-0.05, 0) is 26.8 Å². The first-order valence-electron chi connectivity index (χ1n) is 5.53. The van der Waals surface area contributed by atoms with E-state index in [9.17, 15) is 5.11 Å². The van der Waals surface area contributed by atoms with E-state index in [2.05, 4.69) is 5.32 Å². The Morgan fingerprint density at radius 3 is 2.56 bits per heavy atom. The lowest BCUT2D eigenvalue weighted by atomic mass is 10.1. The summed E-state index contributed by atoms with van der Waals surface area (Å²) < 4.78 is 5.33. The number of nitrogens with one attached hydrogen (secondary N) is 1. The van der Waals surface area contributed by atoms with Gasteiger partial charge in [0.15, 0.2) is 0 Å². The monoisotopic (exact) mass is 223 g/mol. The maximum atomic E-state index is 9.70. The third-order valence-electron chi connectivity index (χ3n) is 2.79. The topological polar surface area (TPSA) is 41.5 Å². The molecule has 0 saturated carbocycles. The second-order valence-corrected chi connectivity index (χ2v) is 4.63. The molecule has 0 radical (unpaired) electrons. The number of benzene rings is 1. The quantitative estimate of drug-likeness (QED) is 0.805. The molecule has 0 aliphatic heterocycles. The smallest absolute Gasteiger partial charge is 0.120 e. The SMILES string of the molecule is COC(C)(C)CNC(C)c1ccccc1O. The van der Waals surface area contributed by atoms with Crippen molar-refractivity contribution in [1.82, 2.24) is 5.32 Å². The van der Waals surface area contributed by atoms with Crippen LogP contribution in [0.5, 0.6) is 5.75 Å². The number of phenolic OH excluding ortho intramolecular Hbond substituents is 1. The Hall–Kier alpha value is -1.06. The van der Waals surface area contributed by atoms with Gasteiger partial charge in [0.25, 0.3) is 0 Å². The molecule has 0 aromatic heterocycles. The minimum Gasteiger partial charge on any atom is -0.508 e. The zero-order valence-corrected chi connectivity index (χ0v) is 10.4. The first-order valence-corrected chi connectivity index (χ1v) is 5.53. The highest BCUT2D eigenvalue weighted by molar-refractivity contribution is 5.34. The van der Waals surface area contributed by atoms with Crippen molar-refractivity contribution in [3.8, 4) is 5.75 Å². The van der Waals surface area contributed by atoms with Gasteiger partial charge in [0.05, 0.1) is 5.60 Å². The Bertz CT molecular complexity index is 336. The molecule has 16 heavy (non-hydrogen) atoms. The van der Waals surface area contributed by atoms with Crippen molar-refractivity contribution in [3.63, 3.8) is 0 Å². The van der Waals surface area contributed by atoms with E-state index in [-0.39, 0.29) is 11.6 Å². The molecule has 0 bridgehead atoms. The lowest BCUT2D eigenvalue weighted by Crippen LogP contribution is -2.37. The summed E-state index contributed by atoms with van der Waals surface area (Å²) in [6, 6.07) is 7.48. The second-order valence-electron chi connectivity index (χ2n) is 4.63. The van der Waals surface area contributed by atoms with Gasteiger partial charge in [0.2, 0.25) is 0 Å². The van der Waals surface area contributed by atoms with E-state index in [1.54, 1.807) is 13.2 Å². The molecule has 0 spiro atoms. The summed E-state index contributed by atoms with van der Waals surface area (Å²) in [5.74, 6) is 0.331. The molecule has 2 N–H and O–H groups in total. The van der Waals surface area contributed by atoms with Crippen molar-refractivity contribution >= 4 is 0 Å². The molecule has 0 heterocycles. The van der Waals surface area contributed by atoms with Gasteiger partial charge in [-0.2, -0.15) is 0 Å². The molecule has 1 aromatic carbocycles. The molecule has 0 saturated heterocycles. The van der Waals surface area contributed by atoms with Gasteiger partial charge < -0.3 is 15.2 Å². The highest BCUT2D eigenvalue weighted by Crippen LogP contribution is 2.23. The third kappa shape index (κ3) is 3.51. The number of rotatable bonds is 5. The summed E-state index contributed by atoms with van der Waals surface area (Å²) in [6.45, 7) is 6.81.